The van der Waals surface area contributed by atoms with E-state index in [-0.39, 0.29) is 10.9 Å². The van der Waals surface area contributed by atoms with Gasteiger partial charge in [-0.2, -0.15) is 0 Å². The third kappa shape index (κ3) is 4.31. The lowest BCUT2D eigenvalue weighted by Gasteiger charge is -2.29. The third-order valence-corrected chi connectivity index (χ3v) is 5.28. The van der Waals surface area contributed by atoms with Crippen molar-refractivity contribution in [3.8, 4) is 0 Å². The van der Waals surface area contributed by atoms with Crippen molar-refractivity contribution in [2.24, 2.45) is 5.14 Å². The van der Waals surface area contributed by atoms with Gasteiger partial charge in [-0.15, -0.1) is 0 Å². The highest BCUT2D eigenvalue weighted by molar-refractivity contribution is 7.89. The fourth-order valence-electron chi connectivity index (χ4n) is 2.82. The number of hydrogen-bond donors (Lipinski definition) is 2. The maximum atomic E-state index is 12.4. The number of rotatable bonds is 3. The van der Waals surface area contributed by atoms with E-state index in [1.165, 1.54) is 6.07 Å². The Morgan fingerprint density at radius 3 is 2.72 bits per heavy atom. The van der Waals surface area contributed by atoms with Gasteiger partial charge < -0.3 is 10.2 Å². The Morgan fingerprint density at radius 2 is 2.00 bits per heavy atom. The molecule has 0 unspecified atom stereocenters. The quantitative estimate of drug-likeness (QED) is 0.856. The lowest BCUT2D eigenvalue weighted by Crippen LogP contribution is -2.42. The average molecular weight is 380 g/mol. The second kappa shape index (κ2) is 7.03. The van der Waals surface area contributed by atoms with Gasteiger partial charge in [-0.3, -0.25) is 0 Å². The van der Waals surface area contributed by atoms with Crippen molar-refractivity contribution in [3.63, 3.8) is 0 Å². The van der Waals surface area contributed by atoms with Gasteiger partial charge in [0.15, 0.2) is 0 Å². The Hall–Kier alpha value is -2.09. The number of hydrogen-bond acceptors (Lipinski definition) is 3. The van der Waals surface area contributed by atoms with Crippen LogP contribution in [0.4, 0.5) is 4.79 Å². The minimum Gasteiger partial charge on any atom is -0.334 e. The Morgan fingerprint density at radius 1 is 1.20 bits per heavy atom. The topological polar surface area (TPSA) is 92.5 Å². The largest absolute Gasteiger partial charge is 0.334 e. The number of carbonyl (C=O) groups is 1. The summed E-state index contributed by atoms with van der Waals surface area (Å²) in [5.74, 6) is 0. The molecule has 2 amide bonds. The summed E-state index contributed by atoms with van der Waals surface area (Å²) in [4.78, 5) is 14.1. The molecule has 0 spiro atoms. The first-order valence-electron chi connectivity index (χ1n) is 7.75. The highest BCUT2D eigenvalue weighted by Crippen LogP contribution is 2.22. The molecule has 3 N–H and O–H groups in total. The number of carbonyl (C=O) groups excluding carboxylic acids is 1. The van der Waals surface area contributed by atoms with Crippen LogP contribution in [0.25, 0.3) is 0 Å². The van der Waals surface area contributed by atoms with Crippen LogP contribution in [0.5, 0.6) is 0 Å². The highest BCUT2D eigenvalue weighted by atomic mass is 35.5. The molecule has 3 rings (SSSR count). The SMILES string of the molecule is NS(=O)(=O)c1ccc2c(c1)CN(C(=O)NCc1cccc(Cl)c1)CC2. The van der Waals surface area contributed by atoms with Crippen LogP contribution in [-0.2, 0) is 29.5 Å². The fourth-order valence-corrected chi connectivity index (χ4v) is 3.60. The number of urea groups is 1. The van der Waals surface area contributed by atoms with Crippen molar-refractivity contribution in [2.75, 3.05) is 6.54 Å². The number of halogens is 1. The molecule has 1 heterocycles. The molecule has 0 atom stereocenters. The smallest absolute Gasteiger partial charge is 0.317 e. The van der Waals surface area contributed by atoms with Crippen LogP contribution in [0.15, 0.2) is 47.4 Å². The van der Waals surface area contributed by atoms with Crippen molar-refractivity contribution >= 4 is 27.7 Å². The molecule has 2 aromatic carbocycles. The minimum atomic E-state index is -3.76. The number of amides is 2. The molecule has 25 heavy (non-hydrogen) atoms. The van der Waals surface area contributed by atoms with Crippen LogP contribution in [0, 0.1) is 0 Å². The fraction of sp³-hybridized carbons (Fsp3) is 0.235. The van der Waals surface area contributed by atoms with Crippen molar-refractivity contribution in [3.05, 3.63) is 64.2 Å². The van der Waals surface area contributed by atoms with Crippen LogP contribution in [0.2, 0.25) is 5.02 Å². The lowest BCUT2D eigenvalue weighted by molar-refractivity contribution is 0.192. The predicted octanol–water partition coefficient (Wildman–Crippen LogP) is 2.26. The van der Waals surface area contributed by atoms with Gasteiger partial charge in [0, 0.05) is 24.7 Å². The number of nitrogens with one attached hydrogen (secondary N) is 1. The second-order valence-corrected chi connectivity index (χ2v) is 7.93. The summed E-state index contributed by atoms with van der Waals surface area (Å²) in [6.45, 7) is 1.29. The van der Waals surface area contributed by atoms with Crippen LogP contribution in [0.1, 0.15) is 16.7 Å². The molecule has 0 fully saturated rings. The summed E-state index contributed by atoms with van der Waals surface area (Å²) in [6, 6.07) is 11.9. The Balaban J connectivity index is 1.68. The Kier molecular flexibility index (Phi) is 4.99. The van der Waals surface area contributed by atoms with Crippen LogP contribution >= 0.6 is 11.6 Å². The molecule has 2 aromatic rings. The van der Waals surface area contributed by atoms with Crippen LogP contribution < -0.4 is 10.5 Å². The van der Waals surface area contributed by atoms with Gasteiger partial charge in [-0.1, -0.05) is 29.8 Å². The summed E-state index contributed by atoms with van der Waals surface area (Å²) in [7, 11) is -3.76. The second-order valence-electron chi connectivity index (χ2n) is 5.94. The normalized spacial score (nSPS) is 14.1. The molecule has 8 heteroatoms. The summed E-state index contributed by atoms with van der Waals surface area (Å²) < 4.78 is 23.0. The van der Waals surface area contributed by atoms with Gasteiger partial charge in [0.1, 0.15) is 0 Å². The first-order chi connectivity index (χ1) is 11.8. The maximum absolute atomic E-state index is 12.4. The zero-order valence-corrected chi connectivity index (χ0v) is 15.0. The Labute approximate surface area is 151 Å². The lowest BCUT2D eigenvalue weighted by atomic mass is 10.0. The number of fused-ring (bicyclic) bond motifs is 1. The zero-order chi connectivity index (χ0) is 18.0. The van der Waals surface area contributed by atoms with Crippen LogP contribution in [0.3, 0.4) is 0 Å². The third-order valence-electron chi connectivity index (χ3n) is 4.14. The van der Waals surface area contributed by atoms with Crippen molar-refractivity contribution in [1.82, 2.24) is 10.2 Å². The van der Waals surface area contributed by atoms with Gasteiger partial charge >= 0.3 is 6.03 Å². The summed E-state index contributed by atoms with van der Waals surface area (Å²) in [5.41, 5.74) is 2.75. The number of nitrogens with two attached hydrogens (primary N) is 1. The summed E-state index contributed by atoms with van der Waals surface area (Å²) in [5, 5.41) is 8.65. The standard InChI is InChI=1S/C17H18ClN3O3S/c18-15-3-1-2-12(8-15)10-20-17(22)21-7-6-13-4-5-16(25(19,23)24)9-14(13)11-21/h1-5,8-9H,6-7,10-11H2,(H,20,22)(H2,19,23,24). The van der Waals surface area contributed by atoms with Gasteiger partial charge in [0.2, 0.25) is 10.0 Å². The minimum absolute atomic E-state index is 0.0624. The van der Waals surface area contributed by atoms with Gasteiger partial charge in [0.25, 0.3) is 0 Å². The van der Waals surface area contributed by atoms with E-state index in [4.69, 9.17) is 16.7 Å². The van der Waals surface area contributed by atoms with E-state index in [9.17, 15) is 13.2 Å². The molecule has 0 aliphatic carbocycles. The van der Waals surface area contributed by atoms with E-state index in [1.807, 2.05) is 12.1 Å². The van der Waals surface area contributed by atoms with E-state index in [0.29, 0.717) is 31.1 Å². The molecule has 0 aromatic heterocycles. The number of sulfonamides is 1. The molecule has 132 valence electrons. The van der Waals surface area contributed by atoms with Gasteiger partial charge in [-0.05, 0) is 47.4 Å². The Bertz CT molecular complexity index is 915. The zero-order valence-electron chi connectivity index (χ0n) is 13.4. The number of primary sulfonamides is 1. The molecule has 0 saturated carbocycles. The summed E-state index contributed by atoms with van der Waals surface area (Å²) in [6.07, 6.45) is 0.671. The molecule has 0 saturated heterocycles. The highest BCUT2D eigenvalue weighted by Gasteiger charge is 2.22. The molecule has 1 aliphatic heterocycles. The van der Waals surface area contributed by atoms with E-state index in [0.717, 1.165) is 16.7 Å². The van der Waals surface area contributed by atoms with E-state index in [1.54, 1.807) is 29.2 Å². The molecule has 0 radical (unpaired) electrons. The first kappa shape index (κ1) is 17.7. The van der Waals surface area contributed by atoms with Crippen molar-refractivity contribution in [1.29, 1.82) is 0 Å². The molecular formula is C17H18ClN3O3S. The van der Waals surface area contributed by atoms with Crippen LogP contribution in [-0.4, -0.2) is 25.9 Å². The summed E-state index contributed by atoms with van der Waals surface area (Å²) >= 11 is 5.93. The molecule has 1 aliphatic rings. The van der Waals surface area contributed by atoms with Gasteiger partial charge in [0.05, 0.1) is 4.90 Å². The molecular weight excluding hydrogens is 362 g/mol. The van der Waals surface area contributed by atoms with E-state index >= 15 is 0 Å². The maximum Gasteiger partial charge on any atom is 0.317 e. The molecule has 0 bridgehead atoms. The monoisotopic (exact) mass is 379 g/mol. The van der Waals surface area contributed by atoms with Crippen molar-refractivity contribution < 1.29 is 13.2 Å². The van der Waals surface area contributed by atoms with Crippen molar-refractivity contribution in [2.45, 2.75) is 24.4 Å². The van der Waals surface area contributed by atoms with E-state index in [2.05, 4.69) is 5.32 Å². The number of nitrogens with zero attached hydrogens (tertiary/aromatic N) is 1. The number of benzene rings is 2. The molecule has 6 nitrogen and oxygen atoms in total. The van der Waals surface area contributed by atoms with Gasteiger partial charge in [-0.25, -0.2) is 18.4 Å². The van der Waals surface area contributed by atoms with E-state index < -0.39 is 10.0 Å². The first-order valence-corrected chi connectivity index (χ1v) is 9.67. The average Bonchev–Trinajstić information content (AvgIpc) is 2.58. The predicted molar refractivity (Wildman–Crippen MR) is 95.6 cm³/mol.